The van der Waals surface area contributed by atoms with Gasteiger partial charge in [-0.3, -0.25) is 13.9 Å². The van der Waals surface area contributed by atoms with Crippen molar-refractivity contribution in [2.75, 3.05) is 0 Å². The fourth-order valence-corrected chi connectivity index (χ4v) is 1.82. The second-order valence-corrected chi connectivity index (χ2v) is 3.84. The molecule has 0 spiro atoms. The molecular weight excluding hydrogens is 224 g/mol. The van der Waals surface area contributed by atoms with Crippen molar-refractivity contribution in [3.8, 4) is 0 Å². The molecule has 0 aliphatic heterocycles. The molecule has 0 atom stereocenters. The smallest absolute Gasteiger partial charge is 0.325 e. The zero-order valence-electron chi connectivity index (χ0n) is 9.80. The van der Waals surface area contributed by atoms with Crippen LogP contribution in [0.4, 0.5) is 0 Å². The number of rotatable bonds is 2. The molecule has 0 fully saturated rings. The molecule has 7 nitrogen and oxygen atoms in total. The molecule has 0 unspecified atom stereocenters. The second-order valence-electron chi connectivity index (χ2n) is 3.84. The van der Waals surface area contributed by atoms with E-state index in [-0.39, 0.29) is 6.42 Å². The highest BCUT2D eigenvalue weighted by molar-refractivity contribution is 5.71. The average Bonchev–Trinajstić information content (AvgIpc) is 2.62. The van der Waals surface area contributed by atoms with E-state index in [9.17, 15) is 14.4 Å². The number of aldehydes is 1. The summed E-state index contributed by atoms with van der Waals surface area (Å²) in [6, 6.07) is 0. The number of hydrogen-bond acceptors (Lipinski definition) is 4. The van der Waals surface area contributed by atoms with E-state index in [1.165, 1.54) is 11.6 Å². The summed E-state index contributed by atoms with van der Waals surface area (Å²) >= 11 is 0. The maximum Gasteiger partial charge on any atom is 0.332 e. The first-order valence-corrected chi connectivity index (χ1v) is 5.04. The molecule has 2 rings (SSSR count). The summed E-state index contributed by atoms with van der Waals surface area (Å²) in [5, 5.41) is 0. The van der Waals surface area contributed by atoms with Crippen molar-refractivity contribution < 1.29 is 4.79 Å². The molecule has 90 valence electrons. The molecule has 2 aromatic heterocycles. The van der Waals surface area contributed by atoms with Gasteiger partial charge in [0.2, 0.25) is 0 Å². The number of nitrogens with zero attached hydrogens (tertiary/aromatic N) is 4. The van der Waals surface area contributed by atoms with Crippen LogP contribution in [0.2, 0.25) is 0 Å². The molecule has 0 aliphatic rings. The predicted octanol–water partition coefficient (Wildman–Crippen LogP) is -1.29. The minimum absolute atomic E-state index is 0.114. The molecule has 0 N–H and O–H groups in total. The third kappa shape index (κ3) is 1.42. The highest BCUT2D eigenvalue weighted by atomic mass is 16.2. The molecule has 2 heterocycles. The molecular formula is C10H12N4O3. The number of carbonyl (C=O) groups excluding carboxylic acids is 1. The lowest BCUT2D eigenvalue weighted by Crippen LogP contribution is -2.37. The van der Waals surface area contributed by atoms with Crippen LogP contribution < -0.4 is 11.2 Å². The van der Waals surface area contributed by atoms with Gasteiger partial charge in [-0.05, 0) is 0 Å². The van der Waals surface area contributed by atoms with Crippen molar-refractivity contribution in [1.29, 1.82) is 0 Å². The maximum absolute atomic E-state index is 11.9. The van der Waals surface area contributed by atoms with Crippen LogP contribution in [0.1, 0.15) is 5.82 Å². The molecule has 0 aliphatic carbocycles. The van der Waals surface area contributed by atoms with Gasteiger partial charge < -0.3 is 9.36 Å². The Morgan fingerprint density at radius 1 is 1.12 bits per heavy atom. The first-order valence-electron chi connectivity index (χ1n) is 5.04. The molecule has 0 amide bonds. The summed E-state index contributed by atoms with van der Waals surface area (Å²) < 4.78 is 3.87. The van der Waals surface area contributed by atoms with E-state index in [0.29, 0.717) is 23.3 Å². The van der Waals surface area contributed by atoms with Gasteiger partial charge in [0.05, 0.1) is 6.42 Å². The molecule has 0 bridgehead atoms. The van der Waals surface area contributed by atoms with Crippen LogP contribution in [0.5, 0.6) is 0 Å². The first kappa shape index (κ1) is 11.3. The summed E-state index contributed by atoms with van der Waals surface area (Å²) in [5.74, 6) is 0.466. The summed E-state index contributed by atoms with van der Waals surface area (Å²) in [4.78, 5) is 38.3. The van der Waals surface area contributed by atoms with Gasteiger partial charge in [-0.25, -0.2) is 9.78 Å². The van der Waals surface area contributed by atoms with E-state index in [1.54, 1.807) is 18.7 Å². The molecule has 0 radical (unpaired) electrons. The van der Waals surface area contributed by atoms with Crippen molar-refractivity contribution >= 4 is 17.5 Å². The third-order valence-corrected chi connectivity index (χ3v) is 2.83. The van der Waals surface area contributed by atoms with E-state index >= 15 is 0 Å². The molecule has 0 saturated carbocycles. The second kappa shape index (κ2) is 3.69. The van der Waals surface area contributed by atoms with Gasteiger partial charge in [-0.15, -0.1) is 0 Å². The molecule has 0 aromatic carbocycles. The van der Waals surface area contributed by atoms with Gasteiger partial charge in [0.1, 0.15) is 12.1 Å². The zero-order valence-corrected chi connectivity index (χ0v) is 9.80. The number of imidazole rings is 1. The third-order valence-electron chi connectivity index (χ3n) is 2.83. The summed E-state index contributed by atoms with van der Waals surface area (Å²) in [7, 11) is 4.61. The number of fused-ring (bicyclic) bond motifs is 1. The van der Waals surface area contributed by atoms with E-state index in [2.05, 4.69) is 4.98 Å². The quantitative estimate of drug-likeness (QED) is 0.608. The largest absolute Gasteiger partial charge is 0.332 e. The monoisotopic (exact) mass is 236 g/mol. The topological polar surface area (TPSA) is 78.9 Å². The Bertz CT molecular complexity index is 720. The van der Waals surface area contributed by atoms with Gasteiger partial charge in [0, 0.05) is 21.1 Å². The summed E-state index contributed by atoms with van der Waals surface area (Å²) in [6.07, 6.45) is 0.826. The maximum atomic E-state index is 11.9. The van der Waals surface area contributed by atoms with Crippen LogP contribution in [0.15, 0.2) is 9.59 Å². The van der Waals surface area contributed by atoms with Gasteiger partial charge in [0.25, 0.3) is 5.56 Å². The molecule has 7 heteroatoms. The number of aryl methyl sites for hydroxylation is 2. The van der Waals surface area contributed by atoms with Crippen LogP contribution in [0.3, 0.4) is 0 Å². The number of hydrogen-bond donors (Lipinski definition) is 0. The van der Waals surface area contributed by atoms with Crippen molar-refractivity contribution in [1.82, 2.24) is 18.7 Å². The van der Waals surface area contributed by atoms with Crippen LogP contribution >= 0.6 is 0 Å². The number of aromatic nitrogens is 4. The molecule has 17 heavy (non-hydrogen) atoms. The normalized spacial score (nSPS) is 11.0. The fourth-order valence-electron chi connectivity index (χ4n) is 1.82. The molecule has 0 saturated heterocycles. The Hall–Kier alpha value is -2.18. The number of carbonyl (C=O) groups is 1. The Morgan fingerprint density at radius 2 is 1.76 bits per heavy atom. The van der Waals surface area contributed by atoms with Gasteiger partial charge in [-0.1, -0.05) is 0 Å². The Balaban J connectivity index is 3.02. The molecule has 2 aromatic rings. The van der Waals surface area contributed by atoms with E-state index in [4.69, 9.17) is 0 Å². The minimum Gasteiger partial charge on any atom is -0.325 e. The zero-order chi connectivity index (χ0) is 12.7. The summed E-state index contributed by atoms with van der Waals surface area (Å²) in [5.41, 5.74) is -0.211. The van der Waals surface area contributed by atoms with E-state index in [1.807, 2.05) is 0 Å². The van der Waals surface area contributed by atoms with Crippen LogP contribution in [-0.2, 0) is 32.4 Å². The SMILES string of the molecule is Cn1c(=O)c2c(nc(CC=O)n2C)n(C)c1=O. The van der Waals surface area contributed by atoms with Crippen molar-refractivity contribution in [3.63, 3.8) is 0 Å². The fraction of sp³-hybridized carbons (Fsp3) is 0.400. The van der Waals surface area contributed by atoms with Gasteiger partial charge >= 0.3 is 5.69 Å². The van der Waals surface area contributed by atoms with E-state index < -0.39 is 11.2 Å². The van der Waals surface area contributed by atoms with Crippen molar-refractivity contribution in [2.45, 2.75) is 6.42 Å². The van der Waals surface area contributed by atoms with Crippen LogP contribution in [-0.4, -0.2) is 25.0 Å². The van der Waals surface area contributed by atoms with Gasteiger partial charge in [0.15, 0.2) is 11.2 Å². The van der Waals surface area contributed by atoms with E-state index in [0.717, 1.165) is 4.57 Å². The first-order chi connectivity index (χ1) is 7.99. The summed E-state index contributed by atoms with van der Waals surface area (Å²) in [6.45, 7) is 0. The van der Waals surface area contributed by atoms with Crippen molar-refractivity contribution in [2.24, 2.45) is 21.1 Å². The lowest BCUT2D eigenvalue weighted by Gasteiger charge is -2.03. The highest BCUT2D eigenvalue weighted by Crippen LogP contribution is 2.08. The van der Waals surface area contributed by atoms with Crippen molar-refractivity contribution in [3.05, 3.63) is 26.7 Å². The Kier molecular flexibility index (Phi) is 2.45. The Labute approximate surface area is 95.9 Å². The highest BCUT2D eigenvalue weighted by Gasteiger charge is 2.16. The van der Waals surface area contributed by atoms with Crippen LogP contribution in [0.25, 0.3) is 11.2 Å². The average molecular weight is 236 g/mol. The van der Waals surface area contributed by atoms with Gasteiger partial charge in [-0.2, -0.15) is 0 Å². The standard InChI is InChI=1S/C10H12N4O3/c1-12-6(4-5-15)11-8-7(12)9(16)14(3)10(17)13(8)2/h5H,4H2,1-3H3. The lowest BCUT2D eigenvalue weighted by molar-refractivity contribution is -0.107. The lowest BCUT2D eigenvalue weighted by atomic mass is 10.4. The predicted molar refractivity (Wildman–Crippen MR) is 61.0 cm³/mol. The Morgan fingerprint density at radius 3 is 2.35 bits per heavy atom. The van der Waals surface area contributed by atoms with Crippen LogP contribution in [0, 0.1) is 0 Å². The minimum atomic E-state index is -0.432.